The van der Waals surface area contributed by atoms with Crippen LogP contribution in [0.1, 0.15) is 48.1 Å². The molecule has 0 spiro atoms. The lowest BCUT2D eigenvalue weighted by atomic mass is 9.60. The van der Waals surface area contributed by atoms with E-state index in [4.69, 9.17) is 0 Å². The van der Waals surface area contributed by atoms with Crippen LogP contribution in [0.5, 0.6) is 0 Å². The molecule has 0 amide bonds. The first-order chi connectivity index (χ1) is 15.1. The Morgan fingerprint density at radius 2 is 1.23 bits per heavy atom. The molecule has 4 aromatic rings. The maximum absolute atomic E-state index is 3.86. The molecule has 0 bridgehead atoms. The SMILES string of the molecule is Cc1c(C2(c3ccccc3)CCC(c3ccccc3)(N(C)C)CC2)[nH]c2ccccc12. The van der Waals surface area contributed by atoms with E-state index in [-0.39, 0.29) is 11.0 Å². The lowest BCUT2D eigenvalue weighted by molar-refractivity contribution is 0.0737. The van der Waals surface area contributed by atoms with Gasteiger partial charge in [0.15, 0.2) is 0 Å². The van der Waals surface area contributed by atoms with E-state index in [2.05, 4.69) is 116 Å². The fraction of sp³-hybridized carbons (Fsp3) is 0.310. The summed E-state index contributed by atoms with van der Waals surface area (Å²) in [5.41, 5.74) is 7.02. The van der Waals surface area contributed by atoms with Crippen LogP contribution in [0.4, 0.5) is 0 Å². The van der Waals surface area contributed by atoms with Crippen molar-refractivity contribution in [1.82, 2.24) is 9.88 Å². The maximum atomic E-state index is 3.86. The quantitative estimate of drug-likeness (QED) is 0.394. The molecule has 1 saturated carbocycles. The number of para-hydroxylation sites is 1. The van der Waals surface area contributed by atoms with E-state index in [1.54, 1.807) is 0 Å². The van der Waals surface area contributed by atoms with Crippen LogP contribution in [-0.4, -0.2) is 24.0 Å². The van der Waals surface area contributed by atoms with Gasteiger partial charge in [-0.15, -0.1) is 0 Å². The molecule has 158 valence electrons. The zero-order valence-corrected chi connectivity index (χ0v) is 18.9. The molecule has 1 aliphatic carbocycles. The molecule has 1 N–H and O–H groups in total. The second kappa shape index (κ2) is 7.69. The summed E-state index contributed by atoms with van der Waals surface area (Å²) in [6, 6.07) is 31.0. The van der Waals surface area contributed by atoms with Crippen LogP contribution in [0.25, 0.3) is 10.9 Å². The van der Waals surface area contributed by atoms with E-state index in [1.165, 1.54) is 33.3 Å². The van der Waals surface area contributed by atoms with Crippen molar-refractivity contribution in [2.24, 2.45) is 0 Å². The standard InChI is InChI=1S/C29H32N2/c1-22-25-16-10-11-17-26(25)30-27(22)28(23-12-6-4-7-13-23)18-20-29(21-19-28,31(2)3)24-14-8-5-9-15-24/h4-17,30H,18-21H2,1-3H3. The van der Waals surface area contributed by atoms with E-state index in [0.29, 0.717) is 0 Å². The minimum atomic E-state index is 0.0126. The minimum absolute atomic E-state index is 0.0126. The Hall–Kier alpha value is -2.84. The van der Waals surface area contributed by atoms with Crippen LogP contribution in [0, 0.1) is 6.92 Å². The van der Waals surface area contributed by atoms with Crippen LogP contribution in [0.15, 0.2) is 84.9 Å². The van der Waals surface area contributed by atoms with Gasteiger partial charge in [-0.1, -0.05) is 78.9 Å². The molecule has 0 saturated heterocycles. The van der Waals surface area contributed by atoms with Crippen molar-refractivity contribution in [3.8, 4) is 0 Å². The van der Waals surface area contributed by atoms with Gasteiger partial charge >= 0.3 is 0 Å². The van der Waals surface area contributed by atoms with Crippen molar-refractivity contribution < 1.29 is 0 Å². The van der Waals surface area contributed by atoms with E-state index in [1.807, 2.05) is 0 Å². The van der Waals surface area contributed by atoms with Gasteiger partial charge in [0.25, 0.3) is 0 Å². The van der Waals surface area contributed by atoms with E-state index in [9.17, 15) is 0 Å². The Morgan fingerprint density at radius 3 is 1.81 bits per heavy atom. The number of aromatic amines is 1. The molecule has 0 radical (unpaired) electrons. The van der Waals surface area contributed by atoms with Crippen molar-refractivity contribution in [2.45, 2.75) is 43.6 Å². The number of hydrogen-bond donors (Lipinski definition) is 1. The van der Waals surface area contributed by atoms with Crippen LogP contribution in [-0.2, 0) is 11.0 Å². The average molecular weight is 409 g/mol. The Labute approximate surface area is 185 Å². The maximum Gasteiger partial charge on any atom is 0.0459 e. The van der Waals surface area contributed by atoms with Gasteiger partial charge in [-0.2, -0.15) is 0 Å². The summed E-state index contributed by atoms with van der Waals surface area (Å²) in [7, 11) is 4.49. The summed E-state index contributed by atoms with van der Waals surface area (Å²) in [4.78, 5) is 6.31. The monoisotopic (exact) mass is 408 g/mol. The Kier molecular flexibility index (Phi) is 4.98. The molecule has 3 aromatic carbocycles. The van der Waals surface area contributed by atoms with Gasteiger partial charge in [-0.25, -0.2) is 0 Å². The van der Waals surface area contributed by atoms with Crippen LogP contribution < -0.4 is 0 Å². The van der Waals surface area contributed by atoms with Gasteiger partial charge in [0.1, 0.15) is 0 Å². The third kappa shape index (κ3) is 3.13. The molecule has 1 aliphatic rings. The predicted molar refractivity (Wildman–Crippen MR) is 131 cm³/mol. The number of nitrogens with zero attached hydrogens (tertiary/aromatic N) is 1. The number of aryl methyl sites for hydroxylation is 1. The first-order valence-electron chi connectivity index (χ1n) is 11.4. The fourth-order valence-electron chi connectivity index (χ4n) is 6.03. The highest BCUT2D eigenvalue weighted by Crippen LogP contribution is 2.53. The van der Waals surface area contributed by atoms with Gasteiger partial charge in [0.2, 0.25) is 0 Å². The van der Waals surface area contributed by atoms with Crippen LogP contribution in [0.3, 0.4) is 0 Å². The van der Waals surface area contributed by atoms with Crippen molar-refractivity contribution >= 4 is 10.9 Å². The van der Waals surface area contributed by atoms with Gasteiger partial charge in [-0.05, 0) is 69.5 Å². The molecular weight excluding hydrogens is 376 g/mol. The van der Waals surface area contributed by atoms with Crippen molar-refractivity contribution in [1.29, 1.82) is 0 Å². The molecule has 2 heteroatoms. The van der Waals surface area contributed by atoms with Gasteiger partial charge in [-0.3, -0.25) is 4.90 Å². The van der Waals surface area contributed by atoms with Crippen molar-refractivity contribution in [3.05, 3.63) is 107 Å². The molecule has 1 fully saturated rings. The zero-order valence-electron chi connectivity index (χ0n) is 18.9. The third-order valence-electron chi connectivity index (χ3n) is 7.87. The number of hydrogen-bond acceptors (Lipinski definition) is 1. The molecule has 31 heavy (non-hydrogen) atoms. The molecule has 1 heterocycles. The van der Waals surface area contributed by atoms with Gasteiger partial charge in [0, 0.05) is 27.6 Å². The summed E-state index contributed by atoms with van der Waals surface area (Å²) in [5, 5.41) is 1.35. The average Bonchev–Trinajstić information content (AvgIpc) is 3.17. The first-order valence-corrected chi connectivity index (χ1v) is 11.4. The normalized spacial score (nSPS) is 24.0. The number of H-pyrrole nitrogens is 1. The largest absolute Gasteiger partial charge is 0.357 e. The van der Waals surface area contributed by atoms with Crippen LogP contribution in [0.2, 0.25) is 0 Å². The number of benzene rings is 3. The van der Waals surface area contributed by atoms with Crippen LogP contribution >= 0.6 is 0 Å². The number of fused-ring (bicyclic) bond motifs is 1. The summed E-state index contributed by atoms with van der Waals surface area (Å²) >= 11 is 0. The first kappa shape index (κ1) is 20.1. The lowest BCUT2D eigenvalue weighted by Crippen LogP contribution is -2.48. The number of nitrogens with one attached hydrogen (secondary N) is 1. The zero-order chi connectivity index (χ0) is 21.5. The highest BCUT2D eigenvalue weighted by Gasteiger charge is 2.47. The number of rotatable bonds is 4. The summed E-state index contributed by atoms with van der Waals surface area (Å²) in [6.45, 7) is 2.30. The molecular formula is C29H32N2. The molecule has 1 aromatic heterocycles. The molecule has 5 rings (SSSR count). The second-order valence-corrected chi connectivity index (χ2v) is 9.41. The van der Waals surface area contributed by atoms with Gasteiger partial charge in [0.05, 0.1) is 0 Å². The molecule has 0 unspecified atom stereocenters. The lowest BCUT2D eigenvalue weighted by Gasteiger charge is -2.50. The molecule has 2 nitrogen and oxygen atoms in total. The smallest absolute Gasteiger partial charge is 0.0459 e. The predicted octanol–water partition coefficient (Wildman–Crippen LogP) is 6.79. The van der Waals surface area contributed by atoms with Crippen molar-refractivity contribution in [3.63, 3.8) is 0 Å². The van der Waals surface area contributed by atoms with Crippen molar-refractivity contribution in [2.75, 3.05) is 14.1 Å². The topological polar surface area (TPSA) is 19.0 Å². The third-order valence-corrected chi connectivity index (χ3v) is 7.87. The Balaban J connectivity index is 1.64. The summed E-state index contributed by atoms with van der Waals surface area (Å²) < 4.78 is 0. The molecule has 0 aliphatic heterocycles. The molecule has 0 atom stereocenters. The Morgan fingerprint density at radius 1 is 0.677 bits per heavy atom. The second-order valence-electron chi connectivity index (χ2n) is 9.41. The Bertz CT molecular complexity index is 1160. The number of aromatic nitrogens is 1. The van der Waals surface area contributed by atoms with E-state index in [0.717, 1.165) is 25.7 Å². The summed E-state index contributed by atoms with van der Waals surface area (Å²) in [5.74, 6) is 0. The highest BCUT2D eigenvalue weighted by molar-refractivity contribution is 5.85. The van der Waals surface area contributed by atoms with E-state index >= 15 is 0 Å². The highest BCUT2D eigenvalue weighted by atomic mass is 15.1. The fourth-order valence-corrected chi connectivity index (χ4v) is 6.03. The summed E-state index contributed by atoms with van der Waals surface area (Å²) in [6.07, 6.45) is 4.51. The minimum Gasteiger partial charge on any atom is -0.357 e. The van der Waals surface area contributed by atoms with E-state index < -0.39 is 0 Å². The van der Waals surface area contributed by atoms with Gasteiger partial charge < -0.3 is 4.98 Å².